The van der Waals surface area contributed by atoms with Gasteiger partial charge >= 0.3 is 0 Å². The van der Waals surface area contributed by atoms with Crippen LogP contribution in [0.4, 0.5) is 0 Å². The van der Waals surface area contributed by atoms with Crippen molar-refractivity contribution in [1.29, 1.82) is 0 Å². The van der Waals surface area contributed by atoms with Crippen LogP contribution in [0.5, 0.6) is 0 Å². The van der Waals surface area contributed by atoms with Gasteiger partial charge in [-0.2, -0.15) is 0 Å². The van der Waals surface area contributed by atoms with Crippen molar-refractivity contribution in [3.05, 3.63) is 35.9 Å². The van der Waals surface area contributed by atoms with E-state index in [0.717, 1.165) is 23.7 Å². The smallest absolute Gasteiger partial charge is 0.00255 e. The summed E-state index contributed by atoms with van der Waals surface area (Å²) in [5.74, 6) is 3.45. The van der Waals surface area contributed by atoms with Crippen molar-refractivity contribution >= 4 is 0 Å². The van der Waals surface area contributed by atoms with Gasteiger partial charge in [0.05, 0.1) is 0 Å². The third-order valence-corrected chi connectivity index (χ3v) is 6.40. The molecule has 0 amide bonds. The molecule has 3 aliphatic heterocycles. The Kier molecular flexibility index (Phi) is 4.98. The maximum absolute atomic E-state index is 3.55. The standard InChI is InChI=1S/C20H31N3/c1-2-4-16(5-3-1)20(17-6-9-21-10-7-17)8-11-23-14-18-12-22-13-19(18)15-23/h1-5,17-22H,6-15H2. The molecule has 0 aliphatic carbocycles. The van der Waals surface area contributed by atoms with Crippen molar-refractivity contribution in [3.8, 4) is 0 Å². The maximum Gasteiger partial charge on any atom is 0.00255 e. The average Bonchev–Trinajstić information content (AvgIpc) is 3.19. The van der Waals surface area contributed by atoms with Crippen LogP contribution in [0.3, 0.4) is 0 Å². The largest absolute Gasteiger partial charge is 0.317 e. The van der Waals surface area contributed by atoms with E-state index in [0.29, 0.717) is 0 Å². The Bertz CT molecular complexity index is 471. The molecule has 3 nitrogen and oxygen atoms in total. The van der Waals surface area contributed by atoms with Crippen LogP contribution in [0, 0.1) is 17.8 Å². The molecule has 126 valence electrons. The summed E-state index contributed by atoms with van der Waals surface area (Å²) in [6.45, 7) is 8.84. The summed E-state index contributed by atoms with van der Waals surface area (Å²) in [7, 11) is 0. The molecule has 23 heavy (non-hydrogen) atoms. The lowest BCUT2D eigenvalue weighted by molar-refractivity contribution is 0.254. The predicted molar refractivity (Wildman–Crippen MR) is 95.7 cm³/mol. The fourth-order valence-electron chi connectivity index (χ4n) is 5.08. The van der Waals surface area contributed by atoms with Gasteiger partial charge < -0.3 is 15.5 Å². The van der Waals surface area contributed by atoms with Crippen molar-refractivity contribution in [2.45, 2.75) is 25.2 Å². The van der Waals surface area contributed by atoms with Crippen molar-refractivity contribution in [1.82, 2.24) is 15.5 Å². The molecule has 3 atom stereocenters. The summed E-state index contributed by atoms with van der Waals surface area (Å²) in [6.07, 6.45) is 4.02. The highest BCUT2D eigenvalue weighted by atomic mass is 15.2. The molecule has 4 rings (SSSR count). The Labute approximate surface area is 140 Å². The maximum atomic E-state index is 3.55. The van der Waals surface area contributed by atoms with Crippen LogP contribution in [-0.2, 0) is 0 Å². The summed E-state index contributed by atoms with van der Waals surface area (Å²) >= 11 is 0. The van der Waals surface area contributed by atoms with E-state index in [9.17, 15) is 0 Å². The minimum atomic E-state index is 0.747. The van der Waals surface area contributed by atoms with Crippen LogP contribution < -0.4 is 10.6 Å². The van der Waals surface area contributed by atoms with Gasteiger partial charge in [0.2, 0.25) is 0 Å². The molecular formula is C20H31N3. The normalized spacial score (nSPS) is 30.4. The zero-order valence-electron chi connectivity index (χ0n) is 14.2. The second-order valence-corrected chi connectivity index (χ2v) is 7.83. The zero-order valence-corrected chi connectivity index (χ0v) is 14.2. The van der Waals surface area contributed by atoms with Crippen molar-refractivity contribution < 1.29 is 0 Å². The third-order valence-electron chi connectivity index (χ3n) is 6.40. The number of likely N-dealkylation sites (tertiary alicyclic amines) is 1. The van der Waals surface area contributed by atoms with Crippen LogP contribution in [0.2, 0.25) is 0 Å². The number of nitrogens with zero attached hydrogens (tertiary/aromatic N) is 1. The van der Waals surface area contributed by atoms with Crippen molar-refractivity contribution in [2.24, 2.45) is 17.8 Å². The fraction of sp³-hybridized carbons (Fsp3) is 0.700. The number of piperidine rings is 1. The molecule has 1 aromatic carbocycles. The lowest BCUT2D eigenvalue weighted by Crippen LogP contribution is -2.33. The minimum absolute atomic E-state index is 0.747. The quantitative estimate of drug-likeness (QED) is 0.873. The molecule has 0 saturated carbocycles. The summed E-state index contributed by atoms with van der Waals surface area (Å²) in [4.78, 5) is 2.74. The first kappa shape index (κ1) is 15.6. The van der Waals surface area contributed by atoms with E-state index in [4.69, 9.17) is 0 Å². The lowest BCUT2D eigenvalue weighted by Gasteiger charge is -2.32. The van der Waals surface area contributed by atoms with Crippen LogP contribution in [0.1, 0.15) is 30.7 Å². The van der Waals surface area contributed by atoms with Gasteiger partial charge in [0.25, 0.3) is 0 Å². The molecule has 3 heterocycles. The van der Waals surface area contributed by atoms with Gasteiger partial charge in [-0.1, -0.05) is 30.3 Å². The Balaban J connectivity index is 1.39. The minimum Gasteiger partial charge on any atom is -0.317 e. The first-order chi connectivity index (χ1) is 11.4. The molecule has 0 spiro atoms. The average molecular weight is 313 g/mol. The van der Waals surface area contributed by atoms with E-state index in [1.54, 1.807) is 5.56 Å². The Morgan fingerprint density at radius 2 is 1.65 bits per heavy atom. The van der Waals surface area contributed by atoms with E-state index in [2.05, 4.69) is 45.9 Å². The number of rotatable bonds is 5. The van der Waals surface area contributed by atoms with Crippen molar-refractivity contribution in [2.75, 3.05) is 45.8 Å². The van der Waals surface area contributed by atoms with E-state index in [1.165, 1.54) is 65.1 Å². The molecule has 1 aromatic rings. The Hall–Kier alpha value is -0.900. The van der Waals surface area contributed by atoms with Gasteiger partial charge in [0.1, 0.15) is 0 Å². The molecule has 0 bridgehead atoms. The molecule has 3 unspecified atom stereocenters. The number of hydrogen-bond donors (Lipinski definition) is 2. The third kappa shape index (κ3) is 3.62. The monoisotopic (exact) mass is 313 g/mol. The van der Waals surface area contributed by atoms with Gasteiger partial charge in [-0.15, -0.1) is 0 Å². The Morgan fingerprint density at radius 3 is 2.35 bits per heavy atom. The molecular weight excluding hydrogens is 282 g/mol. The highest BCUT2D eigenvalue weighted by molar-refractivity contribution is 5.20. The second-order valence-electron chi connectivity index (χ2n) is 7.83. The first-order valence-electron chi connectivity index (χ1n) is 9.59. The second kappa shape index (κ2) is 7.33. The molecule has 3 heteroatoms. The van der Waals surface area contributed by atoms with Crippen LogP contribution in [0.15, 0.2) is 30.3 Å². The summed E-state index contributed by atoms with van der Waals surface area (Å²) in [5, 5.41) is 7.08. The molecule has 0 radical (unpaired) electrons. The number of benzene rings is 1. The lowest BCUT2D eigenvalue weighted by atomic mass is 9.78. The summed E-state index contributed by atoms with van der Waals surface area (Å²) in [6, 6.07) is 11.3. The van der Waals surface area contributed by atoms with E-state index >= 15 is 0 Å². The highest BCUT2D eigenvalue weighted by Crippen LogP contribution is 2.35. The fourth-order valence-corrected chi connectivity index (χ4v) is 5.08. The van der Waals surface area contributed by atoms with Gasteiger partial charge in [0.15, 0.2) is 0 Å². The predicted octanol–water partition coefficient (Wildman–Crippen LogP) is 2.31. The molecule has 3 aliphatic rings. The summed E-state index contributed by atoms with van der Waals surface area (Å²) in [5.41, 5.74) is 1.57. The van der Waals surface area contributed by atoms with Crippen molar-refractivity contribution in [3.63, 3.8) is 0 Å². The molecule has 3 saturated heterocycles. The number of hydrogen-bond acceptors (Lipinski definition) is 3. The van der Waals surface area contributed by atoms with Gasteiger partial charge in [-0.05, 0) is 81.2 Å². The summed E-state index contributed by atoms with van der Waals surface area (Å²) < 4.78 is 0. The van der Waals surface area contributed by atoms with Crippen LogP contribution in [0.25, 0.3) is 0 Å². The van der Waals surface area contributed by atoms with E-state index < -0.39 is 0 Å². The van der Waals surface area contributed by atoms with Crippen LogP contribution >= 0.6 is 0 Å². The Morgan fingerprint density at radius 1 is 0.957 bits per heavy atom. The molecule has 2 N–H and O–H groups in total. The van der Waals surface area contributed by atoms with Crippen LogP contribution in [-0.4, -0.2) is 50.7 Å². The molecule has 3 fully saturated rings. The van der Waals surface area contributed by atoms with Gasteiger partial charge in [-0.3, -0.25) is 0 Å². The SMILES string of the molecule is c1ccc(C(CCN2CC3CNCC3C2)C2CCNCC2)cc1. The van der Waals surface area contributed by atoms with Gasteiger partial charge in [0, 0.05) is 13.1 Å². The number of nitrogens with one attached hydrogen (secondary N) is 2. The number of fused-ring (bicyclic) bond motifs is 1. The van der Waals surface area contributed by atoms with E-state index in [-0.39, 0.29) is 0 Å². The molecule has 0 aromatic heterocycles. The van der Waals surface area contributed by atoms with Gasteiger partial charge in [-0.25, -0.2) is 0 Å². The van der Waals surface area contributed by atoms with E-state index in [1.807, 2.05) is 0 Å². The highest BCUT2D eigenvalue weighted by Gasteiger charge is 2.36. The first-order valence-corrected chi connectivity index (χ1v) is 9.59. The topological polar surface area (TPSA) is 27.3 Å². The zero-order chi connectivity index (χ0) is 15.5.